The van der Waals surface area contributed by atoms with Crippen molar-refractivity contribution < 1.29 is 9.18 Å². The average molecular weight is 324 g/mol. The van der Waals surface area contributed by atoms with E-state index in [4.69, 9.17) is 11.6 Å². The quantitative estimate of drug-likeness (QED) is 0.787. The summed E-state index contributed by atoms with van der Waals surface area (Å²) >= 11 is 5.92. The lowest BCUT2D eigenvalue weighted by atomic mass is 10.2. The van der Waals surface area contributed by atoms with Crippen LogP contribution in [0.2, 0.25) is 5.02 Å². The molecule has 1 aliphatic rings. The van der Waals surface area contributed by atoms with E-state index in [1.165, 1.54) is 12.4 Å². The average Bonchev–Trinajstić information content (AvgIpc) is 2.85. The molecule has 0 spiro atoms. The number of aryl methyl sites for hydroxylation is 1. The molecule has 1 amide bonds. The van der Waals surface area contributed by atoms with Gasteiger partial charge in [-0.3, -0.25) is 4.79 Å². The highest BCUT2D eigenvalue weighted by Crippen LogP contribution is 2.17. The topological polar surface area (TPSA) is 54.3 Å². The fourth-order valence-electron chi connectivity index (χ4n) is 2.53. The first kappa shape index (κ1) is 14.8. The molecule has 1 saturated heterocycles. The van der Waals surface area contributed by atoms with Crippen LogP contribution in [-0.4, -0.2) is 51.5 Å². The van der Waals surface area contributed by atoms with Gasteiger partial charge in [0, 0.05) is 45.5 Å². The molecule has 0 aromatic carbocycles. The van der Waals surface area contributed by atoms with E-state index in [-0.39, 0.29) is 5.91 Å². The summed E-state index contributed by atoms with van der Waals surface area (Å²) in [4.78, 5) is 23.7. The SMILES string of the molecule is Cn1cc(Cl)cc1C(=O)N1CCN(c2cc(F)ncn2)CC1. The second kappa shape index (κ2) is 5.92. The van der Waals surface area contributed by atoms with Crippen LogP contribution in [0.4, 0.5) is 10.2 Å². The lowest BCUT2D eigenvalue weighted by Crippen LogP contribution is -2.49. The van der Waals surface area contributed by atoms with E-state index < -0.39 is 5.95 Å². The first-order chi connectivity index (χ1) is 10.5. The summed E-state index contributed by atoms with van der Waals surface area (Å²) in [5.41, 5.74) is 0.562. The zero-order valence-corrected chi connectivity index (χ0v) is 12.8. The maximum atomic E-state index is 13.1. The third-order valence-electron chi connectivity index (χ3n) is 3.70. The molecule has 3 heterocycles. The number of rotatable bonds is 2. The fraction of sp³-hybridized carbons (Fsp3) is 0.357. The molecule has 0 radical (unpaired) electrons. The highest BCUT2D eigenvalue weighted by Gasteiger charge is 2.24. The summed E-state index contributed by atoms with van der Waals surface area (Å²) in [6.45, 7) is 2.29. The summed E-state index contributed by atoms with van der Waals surface area (Å²) in [6.07, 6.45) is 2.91. The number of halogens is 2. The Kier molecular flexibility index (Phi) is 3.98. The number of hydrogen-bond donors (Lipinski definition) is 0. The number of aromatic nitrogens is 3. The van der Waals surface area contributed by atoms with Gasteiger partial charge in [0.15, 0.2) is 0 Å². The number of hydrogen-bond acceptors (Lipinski definition) is 4. The number of piperazine rings is 1. The van der Waals surface area contributed by atoms with Crippen molar-refractivity contribution in [3.05, 3.63) is 41.3 Å². The number of carbonyl (C=O) groups is 1. The van der Waals surface area contributed by atoms with Gasteiger partial charge in [-0.1, -0.05) is 11.6 Å². The smallest absolute Gasteiger partial charge is 0.270 e. The van der Waals surface area contributed by atoms with E-state index in [2.05, 4.69) is 9.97 Å². The van der Waals surface area contributed by atoms with Crippen molar-refractivity contribution in [2.24, 2.45) is 7.05 Å². The summed E-state index contributed by atoms with van der Waals surface area (Å²) in [5, 5.41) is 0.543. The lowest BCUT2D eigenvalue weighted by Gasteiger charge is -2.35. The third kappa shape index (κ3) is 2.89. The minimum Gasteiger partial charge on any atom is -0.353 e. The van der Waals surface area contributed by atoms with Gasteiger partial charge in [-0.25, -0.2) is 9.97 Å². The van der Waals surface area contributed by atoms with Gasteiger partial charge >= 0.3 is 0 Å². The molecule has 1 aliphatic heterocycles. The van der Waals surface area contributed by atoms with Crippen LogP contribution in [0.5, 0.6) is 0 Å². The van der Waals surface area contributed by atoms with Crippen LogP contribution in [0.25, 0.3) is 0 Å². The Morgan fingerprint density at radius 1 is 1.23 bits per heavy atom. The van der Waals surface area contributed by atoms with Crippen molar-refractivity contribution in [3.63, 3.8) is 0 Å². The van der Waals surface area contributed by atoms with Gasteiger partial charge in [0.05, 0.1) is 5.02 Å². The van der Waals surface area contributed by atoms with Crippen LogP contribution in [0.1, 0.15) is 10.5 Å². The second-order valence-corrected chi connectivity index (χ2v) is 5.57. The Hall–Kier alpha value is -2.15. The molecule has 116 valence electrons. The van der Waals surface area contributed by atoms with Gasteiger partial charge in [-0.15, -0.1) is 0 Å². The monoisotopic (exact) mass is 323 g/mol. The Bertz CT molecular complexity index is 696. The van der Waals surface area contributed by atoms with Crippen LogP contribution < -0.4 is 4.90 Å². The van der Waals surface area contributed by atoms with E-state index >= 15 is 0 Å². The Morgan fingerprint density at radius 3 is 2.55 bits per heavy atom. The van der Waals surface area contributed by atoms with Crippen molar-refractivity contribution in [2.75, 3.05) is 31.1 Å². The molecular weight excluding hydrogens is 309 g/mol. The Balaban J connectivity index is 1.67. The molecule has 0 aliphatic carbocycles. The van der Waals surface area contributed by atoms with Crippen molar-refractivity contribution in [1.82, 2.24) is 19.4 Å². The van der Waals surface area contributed by atoms with E-state index in [0.29, 0.717) is 42.7 Å². The molecule has 2 aromatic rings. The normalized spacial score (nSPS) is 15.2. The molecule has 0 unspecified atom stereocenters. The lowest BCUT2D eigenvalue weighted by molar-refractivity contribution is 0.0737. The minimum absolute atomic E-state index is 0.0529. The van der Waals surface area contributed by atoms with Gasteiger partial charge < -0.3 is 14.4 Å². The molecule has 6 nitrogen and oxygen atoms in total. The number of anilines is 1. The van der Waals surface area contributed by atoms with Crippen molar-refractivity contribution in [1.29, 1.82) is 0 Å². The van der Waals surface area contributed by atoms with Crippen molar-refractivity contribution >= 4 is 23.3 Å². The number of amides is 1. The summed E-state index contributed by atoms with van der Waals surface area (Å²) in [7, 11) is 1.79. The van der Waals surface area contributed by atoms with Gasteiger partial charge in [0.25, 0.3) is 5.91 Å². The molecule has 2 aromatic heterocycles. The van der Waals surface area contributed by atoms with Crippen LogP contribution >= 0.6 is 11.6 Å². The molecule has 0 N–H and O–H groups in total. The van der Waals surface area contributed by atoms with Crippen LogP contribution in [0.15, 0.2) is 24.7 Å². The zero-order chi connectivity index (χ0) is 15.7. The summed E-state index contributed by atoms with van der Waals surface area (Å²) < 4.78 is 14.9. The van der Waals surface area contributed by atoms with Crippen LogP contribution in [0.3, 0.4) is 0 Å². The first-order valence-corrected chi connectivity index (χ1v) is 7.26. The van der Waals surface area contributed by atoms with Crippen molar-refractivity contribution in [2.45, 2.75) is 0 Å². The molecule has 22 heavy (non-hydrogen) atoms. The van der Waals surface area contributed by atoms with Gasteiger partial charge in [0.1, 0.15) is 17.8 Å². The minimum atomic E-state index is -0.554. The molecule has 3 rings (SSSR count). The molecule has 1 fully saturated rings. The van der Waals surface area contributed by atoms with Gasteiger partial charge in [-0.05, 0) is 6.07 Å². The van der Waals surface area contributed by atoms with E-state index in [1.807, 2.05) is 4.90 Å². The summed E-state index contributed by atoms with van der Waals surface area (Å²) in [6, 6.07) is 2.96. The fourth-order valence-corrected chi connectivity index (χ4v) is 2.78. The predicted molar refractivity (Wildman–Crippen MR) is 80.5 cm³/mol. The summed E-state index contributed by atoms with van der Waals surface area (Å²) in [5.74, 6) is -0.0635. The van der Waals surface area contributed by atoms with Crippen molar-refractivity contribution in [3.8, 4) is 0 Å². The van der Waals surface area contributed by atoms with E-state index in [1.54, 1.807) is 28.8 Å². The number of nitrogens with zero attached hydrogens (tertiary/aromatic N) is 5. The standard InChI is InChI=1S/C14H15ClFN5O/c1-19-8-10(15)6-11(19)14(22)21-4-2-20(3-5-21)13-7-12(16)17-9-18-13/h6-9H,2-5H2,1H3. The first-order valence-electron chi connectivity index (χ1n) is 6.88. The van der Waals surface area contributed by atoms with E-state index in [9.17, 15) is 9.18 Å². The van der Waals surface area contributed by atoms with Crippen LogP contribution in [0, 0.1) is 5.95 Å². The molecule has 0 atom stereocenters. The molecule has 0 saturated carbocycles. The zero-order valence-electron chi connectivity index (χ0n) is 12.0. The van der Waals surface area contributed by atoms with Crippen LogP contribution in [-0.2, 0) is 7.05 Å². The highest BCUT2D eigenvalue weighted by atomic mass is 35.5. The second-order valence-electron chi connectivity index (χ2n) is 5.13. The maximum absolute atomic E-state index is 13.1. The third-order valence-corrected chi connectivity index (χ3v) is 3.91. The molecule has 8 heteroatoms. The Morgan fingerprint density at radius 2 is 1.95 bits per heavy atom. The molecular formula is C14H15ClFN5O. The predicted octanol–water partition coefficient (Wildman–Crippen LogP) is 1.57. The maximum Gasteiger partial charge on any atom is 0.270 e. The van der Waals surface area contributed by atoms with Gasteiger partial charge in [-0.2, -0.15) is 4.39 Å². The van der Waals surface area contributed by atoms with E-state index in [0.717, 1.165) is 0 Å². The Labute approximate surface area is 132 Å². The molecule has 0 bridgehead atoms. The highest BCUT2D eigenvalue weighted by molar-refractivity contribution is 6.31. The number of carbonyl (C=O) groups excluding carboxylic acids is 1. The largest absolute Gasteiger partial charge is 0.353 e. The van der Waals surface area contributed by atoms with Gasteiger partial charge in [0.2, 0.25) is 5.95 Å².